The Morgan fingerprint density at radius 3 is 2.45 bits per heavy atom. The summed E-state index contributed by atoms with van der Waals surface area (Å²) in [6, 6.07) is 12.7. The van der Waals surface area contributed by atoms with Crippen molar-refractivity contribution in [2.24, 2.45) is 5.73 Å². The van der Waals surface area contributed by atoms with Crippen LogP contribution in [0.5, 0.6) is 0 Å². The molecule has 0 spiro atoms. The molecule has 0 aliphatic carbocycles. The molecule has 2 rings (SSSR count). The lowest BCUT2D eigenvalue weighted by molar-refractivity contribution is 0.0859. The largest absolute Gasteiger partial charge is 0.367 e. The van der Waals surface area contributed by atoms with E-state index in [1.54, 1.807) is 12.1 Å². The minimum atomic E-state index is -0.243. The second kappa shape index (κ2) is 6.64. The van der Waals surface area contributed by atoms with Crippen LogP contribution in [0.3, 0.4) is 0 Å². The zero-order chi connectivity index (χ0) is 14.5. The first-order chi connectivity index (χ1) is 9.61. The molecule has 0 radical (unpaired) electrons. The second-order valence-corrected chi connectivity index (χ2v) is 4.95. The lowest BCUT2D eigenvalue weighted by Gasteiger charge is -2.21. The van der Waals surface area contributed by atoms with Crippen LogP contribution in [0.2, 0.25) is 0 Å². The molecule has 1 unspecified atom stereocenters. The Bertz CT molecular complexity index is 566. The van der Waals surface area contributed by atoms with E-state index >= 15 is 0 Å². The van der Waals surface area contributed by atoms with Gasteiger partial charge in [-0.05, 0) is 42.7 Å². The third-order valence-electron chi connectivity index (χ3n) is 3.29. The smallest absolute Gasteiger partial charge is 0.123 e. The highest BCUT2D eigenvalue weighted by atomic mass is 19.1. The number of benzene rings is 2. The van der Waals surface area contributed by atoms with E-state index in [4.69, 9.17) is 10.5 Å². The highest BCUT2D eigenvalue weighted by molar-refractivity contribution is 5.38. The Morgan fingerprint density at radius 2 is 1.80 bits per heavy atom. The quantitative estimate of drug-likeness (QED) is 0.904. The van der Waals surface area contributed by atoms with Gasteiger partial charge < -0.3 is 10.5 Å². The van der Waals surface area contributed by atoms with E-state index in [0.29, 0.717) is 13.2 Å². The van der Waals surface area contributed by atoms with Crippen molar-refractivity contribution in [3.63, 3.8) is 0 Å². The van der Waals surface area contributed by atoms with Gasteiger partial charge in [-0.3, -0.25) is 0 Å². The molecular formula is C17H20FNO. The molecule has 20 heavy (non-hydrogen) atoms. The molecule has 0 saturated heterocycles. The normalized spacial score (nSPS) is 12.4. The summed E-state index contributed by atoms with van der Waals surface area (Å²) in [4.78, 5) is 0. The number of aryl methyl sites for hydroxylation is 2. The number of halogens is 1. The van der Waals surface area contributed by atoms with Gasteiger partial charge in [0.05, 0.1) is 6.61 Å². The molecule has 0 heterocycles. The lowest BCUT2D eigenvalue weighted by Crippen LogP contribution is -2.14. The molecule has 0 aromatic heterocycles. The first-order valence-electron chi connectivity index (χ1n) is 6.76. The average Bonchev–Trinajstić information content (AvgIpc) is 2.44. The van der Waals surface area contributed by atoms with Gasteiger partial charge in [-0.15, -0.1) is 0 Å². The maximum atomic E-state index is 13.1. The summed E-state index contributed by atoms with van der Waals surface area (Å²) in [6.45, 7) is 5.03. The molecule has 2 nitrogen and oxygen atoms in total. The van der Waals surface area contributed by atoms with Gasteiger partial charge in [-0.1, -0.05) is 35.9 Å². The molecule has 0 amide bonds. The van der Waals surface area contributed by atoms with Crippen molar-refractivity contribution in [2.45, 2.75) is 20.0 Å². The van der Waals surface area contributed by atoms with E-state index in [0.717, 1.165) is 16.7 Å². The summed E-state index contributed by atoms with van der Waals surface area (Å²) >= 11 is 0. The van der Waals surface area contributed by atoms with E-state index in [2.05, 4.69) is 25.1 Å². The van der Waals surface area contributed by atoms with Crippen molar-refractivity contribution in [1.29, 1.82) is 0 Å². The number of nitrogens with two attached hydrogens (primary N) is 1. The van der Waals surface area contributed by atoms with Crippen LogP contribution < -0.4 is 5.73 Å². The van der Waals surface area contributed by atoms with E-state index in [-0.39, 0.29) is 11.9 Å². The standard InChI is InChI=1S/C17H20FNO/c1-12-3-4-13(2)16(11-12)17(20-10-9-19)14-5-7-15(18)8-6-14/h3-8,11,17H,9-10,19H2,1-2H3. The van der Waals surface area contributed by atoms with E-state index in [9.17, 15) is 4.39 Å². The van der Waals surface area contributed by atoms with E-state index in [1.807, 2.05) is 6.92 Å². The van der Waals surface area contributed by atoms with Gasteiger partial charge >= 0.3 is 0 Å². The Labute approximate surface area is 119 Å². The Hall–Kier alpha value is -1.71. The third-order valence-corrected chi connectivity index (χ3v) is 3.29. The van der Waals surface area contributed by atoms with E-state index in [1.165, 1.54) is 17.7 Å². The lowest BCUT2D eigenvalue weighted by atomic mass is 9.95. The Kier molecular flexibility index (Phi) is 4.88. The summed E-state index contributed by atoms with van der Waals surface area (Å²) in [7, 11) is 0. The fraction of sp³-hybridized carbons (Fsp3) is 0.294. The molecule has 2 aromatic rings. The molecule has 0 saturated carbocycles. The van der Waals surface area contributed by atoms with Crippen molar-refractivity contribution in [3.8, 4) is 0 Å². The summed E-state index contributed by atoms with van der Waals surface area (Å²) in [6.07, 6.45) is -0.209. The van der Waals surface area contributed by atoms with Gasteiger partial charge in [0.15, 0.2) is 0 Å². The van der Waals surface area contributed by atoms with E-state index < -0.39 is 0 Å². The summed E-state index contributed by atoms with van der Waals surface area (Å²) < 4.78 is 19.0. The zero-order valence-electron chi connectivity index (χ0n) is 11.9. The van der Waals surface area contributed by atoms with Crippen molar-refractivity contribution >= 4 is 0 Å². The summed E-state index contributed by atoms with van der Waals surface area (Å²) in [5.41, 5.74) is 9.91. The minimum absolute atomic E-state index is 0.209. The van der Waals surface area contributed by atoms with Crippen molar-refractivity contribution in [3.05, 3.63) is 70.5 Å². The fourth-order valence-corrected chi connectivity index (χ4v) is 2.23. The molecule has 106 valence electrons. The van der Waals surface area contributed by atoms with Crippen LogP contribution >= 0.6 is 0 Å². The number of rotatable bonds is 5. The maximum Gasteiger partial charge on any atom is 0.123 e. The number of ether oxygens (including phenoxy) is 1. The van der Waals surface area contributed by atoms with Crippen molar-refractivity contribution in [2.75, 3.05) is 13.2 Å². The molecular weight excluding hydrogens is 253 g/mol. The van der Waals surface area contributed by atoms with Crippen LogP contribution in [-0.4, -0.2) is 13.2 Å². The Morgan fingerprint density at radius 1 is 1.10 bits per heavy atom. The van der Waals surface area contributed by atoms with Crippen LogP contribution in [0.15, 0.2) is 42.5 Å². The van der Waals surface area contributed by atoms with Gasteiger partial charge in [-0.2, -0.15) is 0 Å². The predicted molar refractivity (Wildman–Crippen MR) is 79.2 cm³/mol. The van der Waals surface area contributed by atoms with Crippen LogP contribution in [0, 0.1) is 19.7 Å². The van der Waals surface area contributed by atoms with Crippen LogP contribution in [0.1, 0.15) is 28.4 Å². The highest BCUT2D eigenvalue weighted by Gasteiger charge is 2.17. The highest BCUT2D eigenvalue weighted by Crippen LogP contribution is 2.29. The monoisotopic (exact) mass is 273 g/mol. The van der Waals surface area contributed by atoms with Crippen LogP contribution in [0.25, 0.3) is 0 Å². The predicted octanol–water partition coefficient (Wildman–Crippen LogP) is 3.51. The van der Waals surface area contributed by atoms with Crippen molar-refractivity contribution < 1.29 is 9.13 Å². The summed E-state index contributed by atoms with van der Waals surface area (Å²) in [5.74, 6) is -0.243. The topological polar surface area (TPSA) is 35.2 Å². The van der Waals surface area contributed by atoms with Gasteiger partial charge in [0.2, 0.25) is 0 Å². The van der Waals surface area contributed by atoms with Gasteiger partial charge in [0.25, 0.3) is 0 Å². The maximum absolute atomic E-state index is 13.1. The van der Waals surface area contributed by atoms with Gasteiger partial charge in [0.1, 0.15) is 11.9 Å². The SMILES string of the molecule is Cc1ccc(C)c(C(OCCN)c2ccc(F)cc2)c1. The summed E-state index contributed by atoms with van der Waals surface area (Å²) in [5, 5.41) is 0. The van der Waals surface area contributed by atoms with Gasteiger partial charge in [0, 0.05) is 6.54 Å². The van der Waals surface area contributed by atoms with Crippen LogP contribution in [0.4, 0.5) is 4.39 Å². The fourth-order valence-electron chi connectivity index (χ4n) is 2.23. The first-order valence-corrected chi connectivity index (χ1v) is 6.76. The first kappa shape index (κ1) is 14.7. The van der Waals surface area contributed by atoms with Crippen molar-refractivity contribution in [1.82, 2.24) is 0 Å². The molecule has 3 heteroatoms. The molecule has 1 atom stereocenters. The number of hydrogen-bond acceptors (Lipinski definition) is 2. The average molecular weight is 273 g/mol. The molecule has 2 N–H and O–H groups in total. The Balaban J connectivity index is 2.41. The number of hydrogen-bond donors (Lipinski definition) is 1. The third kappa shape index (κ3) is 3.44. The zero-order valence-corrected chi connectivity index (χ0v) is 11.9. The second-order valence-electron chi connectivity index (χ2n) is 4.95. The molecule has 0 fully saturated rings. The van der Waals surface area contributed by atoms with Gasteiger partial charge in [-0.25, -0.2) is 4.39 Å². The molecule has 0 aliphatic heterocycles. The molecule has 0 bridgehead atoms. The van der Waals surface area contributed by atoms with Crippen LogP contribution in [-0.2, 0) is 4.74 Å². The molecule has 0 aliphatic rings. The molecule has 2 aromatic carbocycles. The minimum Gasteiger partial charge on any atom is -0.367 e.